The predicted octanol–water partition coefficient (Wildman–Crippen LogP) is 4.50. The smallest absolute Gasteiger partial charge is 0.220 e. The van der Waals surface area contributed by atoms with E-state index >= 15 is 0 Å². The van der Waals surface area contributed by atoms with Crippen molar-refractivity contribution in [3.8, 4) is 0 Å². The summed E-state index contributed by atoms with van der Waals surface area (Å²) in [6.07, 6.45) is 8.74. The molecule has 1 aliphatic heterocycles. The Kier molecular flexibility index (Phi) is 6.66. The molecule has 0 unspecified atom stereocenters. The van der Waals surface area contributed by atoms with Crippen LogP contribution in [0.25, 0.3) is 0 Å². The van der Waals surface area contributed by atoms with E-state index in [0.717, 1.165) is 32.4 Å². The van der Waals surface area contributed by atoms with Crippen LogP contribution in [-0.2, 0) is 23.1 Å². The van der Waals surface area contributed by atoms with Gasteiger partial charge in [0, 0.05) is 13.0 Å². The summed E-state index contributed by atoms with van der Waals surface area (Å²) < 4.78 is 0. The lowest BCUT2D eigenvalue weighted by molar-refractivity contribution is -0.121. The van der Waals surface area contributed by atoms with Crippen LogP contribution in [-0.4, -0.2) is 37.0 Å². The summed E-state index contributed by atoms with van der Waals surface area (Å²) in [5.74, 6) is 0.195. The molecule has 4 rings (SSSR count). The van der Waals surface area contributed by atoms with E-state index in [-0.39, 0.29) is 5.91 Å². The molecule has 0 saturated carbocycles. The Labute approximate surface area is 175 Å². The number of hydrogen-bond acceptors (Lipinski definition) is 2. The molecular weight excluding hydrogens is 356 g/mol. The van der Waals surface area contributed by atoms with Gasteiger partial charge in [-0.15, -0.1) is 0 Å². The molecule has 1 N–H and O–H groups in total. The van der Waals surface area contributed by atoms with Crippen molar-refractivity contribution in [2.24, 2.45) is 0 Å². The highest BCUT2D eigenvalue weighted by molar-refractivity contribution is 5.75. The summed E-state index contributed by atoms with van der Waals surface area (Å²) in [5.41, 5.74) is 4.96. The van der Waals surface area contributed by atoms with Crippen molar-refractivity contribution in [3.05, 3.63) is 71.3 Å². The number of benzene rings is 2. The third-order valence-electron chi connectivity index (χ3n) is 6.96. The Morgan fingerprint density at radius 2 is 1.69 bits per heavy atom. The minimum Gasteiger partial charge on any atom is -0.356 e. The Balaban J connectivity index is 1.10. The number of aryl methyl sites for hydroxylation is 2. The Morgan fingerprint density at radius 1 is 0.931 bits per heavy atom. The average molecular weight is 391 g/mol. The van der Waals surface area contributed by atoms with E-state index in [9.17, 15) is 4.79 Å². The number of piperidine rings is 1. The normalized spacial score (nSPS) is 17.9. The number of likely N-dealkylation sites (tertiary alicyclic amines) is 1. The molecule has 1 heterocycles. The van der Waals surface area contributed by atoms with Gasteiger partial charge in [0.25, 0.3) is 0 Å². The highest BCUT2D eigenvalue weighted by Gasteiger charge is 2.40. The molecule has 1 spiro atoms. The van der Waals surface area contributed by atoms with Gasteiger partial charge in [-0.3, -0.25) is 4.79 Å². The van der Waals surface area contributed by atoms with Crippen LogP contribution in [0.1, 0.15) is 55.2 Å². The van der Waals surface area contributed by atoms with Crippen LogP contribution in [0.2, 0.25) is 0 Å². The first-order chi connectivity index (χ1) is 14.3. The fraction of sp³-hybridized carbons (Fsp3) is 0.500. The highest BCUT2D eigenvalue weighted by atomic mass is 16.1. The molecule has 3 heteroatoms. The van der Waals surface area contributed by atoms with Crippen LogP contribution >= 0.6 is 0 Å². The zero-order valence-corrected chi connectivity index (χ0v) is 17.5. The van der Waals surface area contributed by atoms with Crippen LogP contribution in [0, 0.1) is 0 Å². The SMILES string of the molecule is O=C(CCCc1ccccc1)NCCCN1CCC2(CCc3ccccc32)CC1. The number of carbonyl (C=O) groups is 1. The fourth-order valence-electron chi connectivity index (χ4n) is 5.20. The van der Waals surface area contributed by atoms with Gasteiger partial charge in [0.05, 0.1) is 0 Å². The molecular formula is C26H34N2O. The molecule has 0 aromatic heterocycles. The summed E-state index contributed by atoms with van der Waals surface area (Å²) in [6.45, 7) is 4.29. The van der Waals surface area contributed by atoms with Crippen molar-refractivity contribution in [2.75, 3.05) is 26.2 Å². The van der Waals surface area contributed by atoms with E-state index in [4.69, 9.17) is 0 Å². The van der Waals surface area contributed by atoms with Crippen LogP contribution in [0.15, 0.2) is 54.6 Å². The second kappa shape index (κ2) is 9.58. The zero-order valence-electron chi connectivity index (χ0n) is 17.5. The quantitative estimate of drug-likeness (QED) is 0.673. The van der Waals surface area contributed by atoms with Gasteiger partial charge in [-0.25, -0.2) is 0 Å². The lowest BCUT2D eigenvalue weighted by atomic mass is 9.74. The van der Waals surface area contributed by atoms with Gasteiger partial charge in [0.1, 0.15) is 0 Å². The number of nitrogens with zero attached hydrogens (tertiary/aromatic N) is 1. The molecule has 2 aromatic rings. The van der Waals surface area contributed by atoms with Gasteiger partial charge >= 0.3 is 0 Å². The Morgan fingerprint density at radius 3 is 2.52 bits per heavy atom. The summed E-state index contributed by atoms with van der Waals surface area (Å²) in [4.78, 5) is 14.6. The molecule has 1 aliphatic carbocycles. The number of nitrogens with one attached hydrogen (secondary N) is 1. The molecule has 3 nitrogen and oxygen atoms in total. The number of carbonyl (C=O) groups excluding carboxylic acids is 1. The topological polar surface area (TPSA) is 32.3 Å². The molecule has 0 radical (unpaired) electrons. The highest BCUT2D eigenvalue weighted by Crippen LogP contribution is 2.46. The van der Waals surface area contributed by atoms with E-state index in [1.54, 1.807) is 11.1 Å². The monoisotopic (exact) mass is 390 g/mol. The maximum absolute atomic E-state index is 12.0. The molecule has 154 valence electrons. The third-order valence-corrected chi connectivity index (χ3v) is 6.96. The summed E-state index contributed by atoms with van der Waals surface area (Å²) >= 11 is 0. The minimum absolute atomic E-state index is 0.195. The lowest BCUT2D eigenvalue weighted by Crippen LogP contribution is -2.42. The van der Waals surface area contributed by atoms with Gasteiger partial charge in [-0.2, -0.15) is 0 Å². The van der Waals surface area contributed by atoms with Crippen molar-refractivity contribution in [1.82, 2.24) is 10.2 Å². The maximum Gasteiger partial charge on any atom is 0.220 e. The number of rotatable bonds is 8. The molecule has 0 atom stereocenters. The zero-order chi connectivity index (χ0) is 19.9. The van der Waals surface area contributed by atoms with Gasteiger partial charge in [0.15, 0.2) is 0 Å². The van der Waals surface area contributed by atoms with Crippen molar-refractivity contribution in [3.63, 3.8) is 0 Å². The standard InChI is InChI=1S/C26H34N2O/c29-25(13-6-10-22-8-2-1-3-9-22)27-18-7-19-28-20-16-26(17-21-28)15-14-23-11-4-5-12-24(23)26/h1-5,8-9,11-12H,6-7,10,13-21H2,(H,27,29). The summed E-state index contributed by atoms with van der Waals surface area (Å²) in [6, 6.07) is 19.5. The van der Waals surface area contributed by atoms with Crippen LogP contribution in [0.5, 0.6) is 0 Å². The molecule has 0 bridgehead atoms. The number of fused-ring (bicyclic) bond motifs is 2. The fourth-order valence-corrected chi connectivity index (χ4v) is 5.20. The molecule has 1 fully saturated rings. The van der Waals surface area contributed by atoms with E-state index in [1.165, 1.54) is 44.3 Å². The van der Waals surface area contributed by atoms with Crippen molar-refractivity contribution >= 4 is 5.91 Å². The largest absolute Gasteiger partial charge is 0.356 e. The van der Waals surface area contributed by atoms with E-state index < -0.39 is 0 Å². The molecule has 1 amide bonds. The van der Waals surface area contributed by atoms with Gasteiger partial charge in [-0.05, 0) is 86.7 Å². The second-order valence-electron chi connectivity index (χ2n) is 8.82. The first kappa shape index (κ1) is 20.2. The number of amides is 1. The summed E-state index contributed by atoms with van der Waals surface area (Å²) in [5, 5.41) is 3.10. The first-order valence-corrected chi connectivity index (χ1v) is 11.4. The van der Waals surface area contributed by atoms with Crippen LogP contribution < -0.4 is 5.32 Å². The van der Waals surface area contributed by atoms with Gasteiger partial charge in [-0.1, -0.05) is 54.6 Å². The summed E-state index contributed by atoms with van der Waals surface area (Å²) in [7, 11) is 0. The molecule has 2 aliphatic rings. The van der Waals surface area contributed by atoms with E-state index in [0.29, 0.717) is 11.8 Å². The van der Waals surface area contributed by atoms with Crippen molar-refractivity contribution in [2.45, 2.75) is 56.8 Å². The van der Waals surface area contributed by atoms with Crippen molar-refractivity contribution < 1.29 is 4.79 Å². The van der Waals surface area contributed by atoms with Gasteiger partial charge in [0.2, 0.25) is 5.91 Å². The third kappa shape index (κ3) is 5.08. The maximum atomic E-state index is 12.0. The van der Waals surface area contributed by atoms with Crippen LogP contribution in [0.3, 0.4) is 0 Å². The first-order valence-electron chi connectivity index (χ1n) is 11.4. The average Bonchev–Trinajstić information content (AvgIpc) is 3.12. The Hall–Kier alpha value is -2.13. The minimum atomic E-state index is 0.195. The lowest BCUT2D eigenvalue weighted by Gasteiger charge is -2.40. The Bertz CT molecular complexity index is 793. The second-order valence-corrected chi connectivity index (χ2v) is 8.82. The van der Waals surface area contributed by atoms with Gasteiger partial charge < -0.3 is 10.2 Å². The number of hydrogen-bond donors (Lipinski definition) is 1. The van der Waals surface area contributed by atoms with E-state index in [1.807, 2.05) is 6.07 Å². The van der Waals surface area contributed by atoms with Crippen LogP contribution in [0.4, 0.5) is 0 Å². The molecule has 2 aromatic carbocycles. The molecule has 29 heavy (non-hydrogen) atoms. The predicted molar refractivity (Wildman–Crippen MR) is 119 cm³/mol. The molecule has 1 saturated heterocycles. The van der Waals surface area contributed by atoms with Crippen molar-refractivity contribution in [1.29, 1.82) is 0 Å². The van der Waals surface area contributed by atoms with E-state index in [2.05, 4.69) is 58.7 Å².